The molecule has 0 N–H and O–H groups in total. The second-order valence-electron chi connectivity index (χ2n) is 11.2. The Hall–Kier alpha value is -0.520. The van der Waals surface area contributed by atoms with Gasteiger partial charge in [0.1, 0.15) is 0 Å². The molecule has 0 unspecified atom stereocenters. The summed E-state index contributed by atoms with van der Waals surface area (Å²) in [5, 5.41) is 0. The predicted molar refractivity (Wildman–Crippen MR) is 108 cm³/mol. The molecule has 3 rings (SSSR count). The van der Waals surface area contributed by atoms with E-state index in [9.17, 15) is 0 Å². The minimum atomic E-state index is 0.137. The van der Waals surface area contributed by atoms with Crippen molar-refractivity contribution in [2.24, 2.45) is 32.5 Å². The first kappa shape index (κ1) is 19.8. The Kier molecular flexibility index (Phi) is 3.80. The lowest BCUT2D eigenvalue weighted by atomic mass is 9.25. The van der Waals surface area contributed by atoms with Crippen LogP contribution in [-0.4, -0.2) is 0 Å². The van der Waals surface area contributed by atoms with E-state index in [1.807, 2.05) is 0 Å². The summed E-state index contributed by atoms with van der Waals surface area (Å²) in [4.78, 5) is 0. The summed E-state index contributed by atoms with van der Waals surface area (Å²) < 4.78 is 0. The third kappa shape index (κ3) is 1.50. The number of fused-ring (bicyclic) bond motifs is 3. The van der Waals surface area contributed by atoms with Crippen LogP contribution in [0.15, 0.2) is 22.3 Å². The van der Waals surface area contributed by atoms with Crippen LogP contribution in [0.2, 0.25) is 0 Å². The van der Waals surface area contributed by atoms with Crippen molar-refractivity contribution in [1.82, 2.24) is 0 Å². The molecule has 0 saturated heterocycles. The quantitative estimate of drug-likeness (QED) is 0.425. The van der Waals surface area contributed by atoms with Gasteiger partial charge in [0.25, 0.3) is 0 Å². The predicted octanol–water partition coefficient (Wildman–Crippen LogP) is 7.80. The Morgan fingerprint density at radius 2 is 0.542 bits per heavy atom. The van der Waals surface area contributed by atoms with Gasteiger partial charge in [0.15, 0.2) is 0 Å². The molecule has 0 atom stereocenters. The average molecular weight is 331 g/mol. The first-order valence-electron chi connectivity index (χ1n) is 9.75. The van der Waals surface area contributed by atoms with E-state index < -0.39 is 0 Å². The highest BCUT2D eigenvalue weighted by Gasteiger charge is 2.76. The van der Waals surface area contributed by atoms with Crippen molar-refractivity contribution in [3.8, 4) is 0 Å². The summed E-state index contributed by atoms with van der Waals surface area (Å²) in [6, 6.07) is 0. The van der Waals surface area contributed by atoms with E-state index >= 15 is 0 Å². The Morgan fingerprint density at radius 3 is 0.708 bits per heavy atom. The van der Waals surface area contributed by atoms with Gasteiger partial charge in [0.2, 0.25) is 0 Å². The minimum absolute atomic E-state index is 0.137. The maximum Gasteiger partial charge on any atom is -0.0000305 e. The zero-order chi connectivity index (χ0) is 19.3. The van der Waals surface area contributed by atoms with Gasteiger partial charge >= 0.3 is 0 Å². The van der Waals surface area contributed by atoms with Crippen LogP contribution in [0, 0.1) is 32.5 Å². The maximum atomic E-state index is 2.56. The number of hydrogen-bond donors (Lipinski definition) is 0. The third-order valence-corrected chi connectivity index (χ3v) is 11.3. The van der Waals surface area contributed by atoms with Crippen LogP contribution in [0.3, 0.4) is 0 Å². The van der Waals surface area contributed by atoms with E-state index in [0.717, 1.165) is 0 Å². The fourth-order valence-corrected chi connectivity index (χ4v) is 7.25. The molecule has 138 valence electrons. The maximum absolute atomic E-state index is 2.56. The highest BCUT2D eigenvalue weighted by molar-refractivity contribution is 5.48. The van der Waals surface area contributed by atoms with Crippen LogP contribution >= 0.6 is 0 Å². The van der Waals surface area contributed by atoms with Gasteiger partial charge in [0.05, 0.1) is 0 Å². The molecule has 0 aliphatic heterocycles. The molecule has 2 bridgehead atoms. The van der Waals surface area contributed by atoms with E-state index in [-0.39, 0.29) is 32.5 Å². The zero-order valence-corrected chi connectivity index (χ0v) is 19.0. The highest BCUT2D eigenvalue weighted by Crippen LogP contribution is 2.82. The summed E-state index contributed by atoms with van der Waals surface area (Å²) >= 11 is 0. The largest absolute Gasteiger partial charge is 0.0631 e. The Morgan fingerprint density at radius 1 is 0.375 bits per heavy atom. The van der Waals surface area contributed by atoms with E-state index in [2.05, 4.69) is 96.9 Å². The number of hydrogen-bond acceptors (Lipinski definition) is 0. The lowest BCUT2D eigenvalue weighted by molar-refractivity contribution is -0.270. The molecule has 3 aliphatic carbocycles. The molecular weight excluding hydrogens is 288 g/mol. The van der Waals surface area contributed by atoms with Crippen molar-refractivity contribution in [2.45, 2.75) is 96.9 Å². The molecule has 0 amide bonds. The SMILES string of the molecule is CC1=C(\C)C2(C)C(C)(C)C(C)(C)C(C)(\C(C)=C\1C)C(C)(C)C2(C)C. The first-order chi connectivity index (χ1) is 10.4. The molecule has 3 aliphatic rings. The van der Waals surface area contributed by atoms with Crippen molar-refractivity contribution in [1.29, 1.82) is 0 Å². The average Bonchev–Trinajstić information content (AvgIpc) is 2.47. The summed E-state index contributed by atoms with van der Waals surface area (Å²) in [6.07, 6.45) is 0. The van der Waals surface area contributed by atoms with Crippen LogP contribution in [0.1, 0.15) is 96.9 Å². The molecule has 0 radical (unpaired) electrons. The summed E-state index contributed by atoms with van der Waals surface area (Å²) in [7, 11) is 0. The Balaban J connectivity index is 3.23. The summed E-state index contributed by atoms with van der Waals surface area (Å²) in [5.74, 6) is 0. The topological polar surface area (TPSA) is 0 Å². The van der Waals surface area contributed by atoms with Crippen molar-refractivity contribution in [3.63, 3.8) is 0 Å². The number of allylic oxidation sites excluding steroid dienone is 4. The van der Waals surface area contributed by atoms with Gasteiger partial charge in [-0.25, -0.2) is 0 Å². The van der Waals surface area contributed by atoms with E-state index in [0.29, 0.717) is 0 Å². The molecular formula is C24H42. The molecule has 0 spiro atoms. The molecule has 1 saturated carbocycles. The molecule has 0 nitrogen and oxygen atoms in total. The van der Waals surface area contributed by atoms with Crippen LogP contribution in [-0.2, 0) is 0 Å². The molecule has 0 heterocycles. The monoisotopic (exact) mass is 330 g/mol. The molecule has 0 aromatic heterocycles. The van der Waals surface area contributed by atoms with Crippen molar-refractivity contribution in [2.75, 3.05) is 0 Å². The normalized spacial score (nSPS) is 45.8. The lowest BCUT2D eigenvalue weighted by Gasteiger charge is -2.79. The second kappa shape index (κ2) is 4.60. The van der Waals surface area contributed by atoms with Gasteiger partial charge in [-0.05, 0) is 71.3 Å². The molecule has 0 aromatic rings. The lowest BCUT2D eigenvalue weighted by Crippen LogP contribution is -2.73. The highest BCUT2D eigenvalue weighted by atomic mass is 14.8. The van der Waals surface area contributed by atoms with Gasteiger partial charge in [-0.1, -0.05) is 80.4 Å². The number of rotatable bonds is 0. The zero-order valence-electron chi connectivity index (χ0n) is 19.0. The van der Waals surface area contributed by atoms with Crippen LogP contribution in [0.25, 0.3) is 0 Å². The fraction of sp³-hybridized carbons (Fsp3) is 0.833. The van der Waals surface area contributed by atoms with Gasteiger partial charge < -0.3 is 0 Å². The van der Waals surface area contributed by atoms with Gasteiger partial charge in [-0.3, -0.25) is 0 Å². The molecule has 24 heavy (non-hydrogen) atoms. The minimum Gasteiger partial charge on any atom is -0.0631 e. The Bertz CT molecular complexity index is 558. The summed E-state index contributed by atoms with van der Waals surface area (Å²) in [5.41, 5.74) is 7.23. The smallest absolute Gasteiger partial charge is 0.0000305 e. The van der Waals surface area contributed by atoms with Gasteiger partial charge in [-0.2, -0.15) is 0 Å². The van der Waals surface area contributed by atoms with E-state index in [1.165, 1.54) is 11.1 Å². The first-order valence-corrected chi connectivity index (χ1v) is 9.75. The standard InChI is InChI=1S/C24H42/c1-15-16(2)18(4)24(14)21(9,10)19(5,6)23(13,17(15)3)20(7,8)22(24,11)12/h1-14H3/b17-15-,18-16+. The molecule has 0 aromatic carbocycles. The fourth-order valence-electron chi connectivity index (χ4n) is 7.25. The van der Waals surface area contributed by atoms with Crippen molar-refractivity contribution < 1.29 is 0 Å². The van der Waals surface area contributed by atoms with Crippen molar-refractivity contribution in [3.05, 3.63) is 22.3 Å². The van der Waals surface area contributed by atoms with E-state index in [4.69, 9.17) is 0 Å². The third-order valence-electron chi connectivity index (χ3n) is 11.3. The van der Waals surface area contributed by atoms with Gasteiger partial charge in [0, 0.05) is 0 Å². The van der Waals surface area contributed by atoms with E-state index in [1.54, 1.807) is 11.1 Å². The van der Waals surface area contributed by atoms with Crippen LogP contribution in [0.5, 0.6) is 0 Å². The van der Waals surface area contributed by atoms with Crippen LogP contribution in [0.4, 0.5) is 0 Å². The molecule has 1 fully saturated rings. The summed E-state index contributed by atoms with van der Waals surface area (Å²) in [6.45, 7) is 34.9. The second-order valence-corrected chi connectivity index (χ2v) is 11.2. The molecule has 0 heteroatoms. The Labute approximate surface area is 152 Å². The van der Waals surface area contributed by atoms with Crippen molar-refractivity contribution >= 4 is 0 Å². The van der Waals surface area contributed by atoms with Crippen LogP contribution < -0.4 is 0 Å². The van der Waals surface area contributed by atoms with Gasteiger partial charge in [-0.15, -0.1) is 0 Å².